The van der Waals surface area contributed by atoms with Crippen LogP contribution < -0.4 is 24.8 Å². The SMILES string of the molecule is CC(C)CNC(=O)NC(=O)COC(=O)c1ccc(NS(=O)(=O)c2ccc3c(c2)OCCO3)cc1. The van der Waals surface area contributed by atoms with Gasteiger partial charge in [0.15, 0.2) is 18.1 Å². The summed E-state index contributed by atoms with van der Waals surface area (Å²) in [7, 11) is -3.92. The standard InChI is InChI=1S/C22H25N3O8S/c1-14(2)12-23-22(28)24-20(26)13-33-21(27)15-3-5-16(6-4-15)25-34(29,30)17-7-8-18-19(11-17)32-10-9-31-18/h3-8,11,14,25H,9-10,12-13H2,1-2H3,(H2,23,24,26,28). The summed E-state index contributed by atoms with van der Waals surface area (Å²) in [5.74, 6) is -0.559. The zero-order valence-corrected chi connectivity index (χ0v) is 19.4. The van der Waals surface area contributed by atoms with Crippen molar-refractivity contribution in [3.8, 4) is 11.5 Å². The van der Waals surface area contributed by atoms with Crippen molar-refractivity contribution < 1.29 is 37.0 Å². The second kappa shape index (κ2) is 10.9. The van der Waals surface area contributed by atoms with E-state index in [9.17, 15) is 22.8 Å². The molecule has 0 unspecified atom stereocenters. The molecular weight excluding hydrogens is 466 g/mol. The molecule has 3 rings (SSSR count). The lowest BCUT2D eigenvalue weighted by Gasteiger charge is -2.19. The zero-order chi connectivity index (χ0) is 24.7. The Bertz CT molecular complexity index is 1160. The first kappa shape index (κ1) is 24.8. The lowest BCUT2D eigenvalue weighted by atomic mass is 10.2. The highest BCUT2D eigenvalue weighted by Crippen LogP contribution is 2.32. The molecular formula is C22H25N3O8S. The van der Waals surface area contributed by atoms with E-state index in [1.807, 2.05) is 13.8 Å². The highest BCUT2D eigenvalue weighted by atomic mass is 32.2. The predicted molar refractivity (Wildman–Crippen MR) is 121 cm³/mol. The molecule has 0 radical (unpaired) electrons. The van der Waals surface area contributed by atoms with Crippen LogP contribution in [0.2, 0.25) is 0 Å². The molecule has 34 heavy (non-hydrogen) atoms. The summed E-state index contributed by atoms with van der Waals surface area (Å²) in [4.78, 5) is 35.4. The molecule has 1 heterocycles. The first-order valence-electron chi connectivity index (χ1n) is 10.4. The normalized spacial score (nSPS) is 12.6. The lowest BCUT2D eigenvalue weighted by molar-refractivity contribution is -0.123. The van der Waals surface area contributed by atoms with Gasteiger partial charge in [-0.05, 0) is 42.3 Å². The number of carbonyl (C=O) groups is 3. The summed E-state index contributed by atoms with van der Waals surface area (Å²) in [6.07, 6.45) is 0. The molecule has 182 valence electrons. The van der Waals surface area contributed by atoms with E-state index in [0.29, 0.717) is 31.3 Å². The highest BCUT2D eigenvalue weighted by molar-refractivity contribution is 7.92. The van der Waals surface area contributed by atoms with E-state index in [0.717, 1.165) is 0 Å². The molecule has 1 aliphatic heterocycles. The topological polar surface area (TPSA) is 149 Å². The first-order chi connectivity index (χ1) is 16.1. The maximum absolute atomic E-state index is 12.7. The number of benzene rings is 2. The second-order valence-electron chi connectivity index (χ2n) is 7.72. The third kappa shape index (κ3) is 6.85. The van der Waals surface area contributed by atoms with Crippen LogP contribution in [0, 0.1) is 5.92 Å². The number of nitrogens with one attached hydrogen (secondary N) is 3. The van der Waals surface area contributed by atoms with Crippen LogP contribution >= 0.6 is 0 Å². The molecule has 0 spiro atoms. The number of carbonyl (C=O) groups excluding carboxylic acids is 3. The van der Waals surface area contributed by atoms with Crippen LogP contribution in [0.1, 0.15) is 24.2 Å². The Labute approximate surface area is 196 Å². The van der Waals surface area contributed by atoms with E-state index in [1.165, 1.54) is 42.5 Å². The Hall–Kier alpha value is -3.80. The molecule has 12 heteroatoms. The van der Waals surface area contributed by atoms with Crippen LogP contribution in [0.4, 0.5) is 10.5 Å². The summed E-state index contributed by atoms with van der Waals surface area (Å²) in [5, 5.41) is 4.56. The number of amides is 3. The van der Waals surface area contributed by atoms with Crippen molar-refractivity contribution in [3.05, 3.63) is 48.0 Å². The van der Waals surface area contributed by atoms with Crippen LogP contribution in [0.15, 0.2) is 47.4 Å². The van der Waals surface area contributed by atoms with Crippen LogP contribution in [-0.2, 0) is 19.6 Å². The Balaban J connectivity index is 1.53. The number of imide groups is 1. The number of anilines is 1. The number of fused-ring (bicyclic) bond motifs is 1. The molecule has 0 aromatic heterocycles. The quantitative estimate of drug-likeness (QED) is 0.474. The van der Waals surface area contributed by atoms with Gasteiger partial charge in [-0.25, -0.2) is 18.0 Å². The number of urea groups is 1. The van der Waals surface area contributed by atoms with Gasteiger partial charge in [-0.1, -0.05) is 13.8 Å². The number of sulfonamides is 1. The van der Waals surface area contributed by atoms with Crippen LogP contribution in [0.5, 0.6) is 11.5 Å². The fourth-order valence-electron chi connectivity index (χ4n) is 2.80. The minimum Gasteiger partial charge on any atom is -0.486 e. The molecule has 3 amide bonds. The van der Waals surface area contributed by atoms with Gasteiger partial charge in [-0.3, -0.25) is 14.8 Å². The zero-order valence-electron chi connectivity index (χ0n) is 18.6. The summed E-state index contributed by atoms with van der Waals surface area (Å²) < 4.78 is 43.5. The van der Waals surface area contributed by atoms with Gasteiger partial charge in [0.1, 0.15) is 13.2 Å². The monoisotopic (exact) mass is 491 g/mol. The second-order valence-corrected chi connectivity index (χ2v) is 9.40. The Morgan fingerprint density at radius 1 is 1.00 bits per heavy atom. The van der Waals surface area contributed by atoms with Gasteiger partial charge in [0.25, 0.3) is 15.9 Å². The van der Waals surface area contributed by atoms with Crippen molar-refractivity contribution >= 4 is 33.6 Å². The lowest BCUT2D eigenvalue weighted by Crippen LogP contribution is -2.42. The minimum atomic E-state index is -3.92. The fraction of sp³-hybridized carbons (Fsp3) is 0.318. The van der Waals surface area contributed by atoms with Gasteiger partial charge in [0.2, 0.25) is 0 Å². The third-order valence-corrected chi connectivity index (χ3v) is 5.83. The largest absolute Gasteiger partial charge is 0.486 e. The van der Waals surface area contributed by atoms with Crippen LogP contribution in [0.25, 0.3) is 0 Å². The van der Waals surface area contributed by atoms with Gasteiger partial charge < -0.3 is 19.5 Å². The van der Waals surface area contributed by atoms with Crippen molar-refractivity contribution in [2.75, 3.05) is 31.1 Å². The molecule has 11 nitrogen and oxygen atoms in total. The van der Waals surface area contributed by atoms with E-state index < -0.39 is 34.5 Å². The van der Waals surface area contributed by atoms with E-state index in [-0.39, 0.29) is 22.1 Å². The molecule has 1 aliphatic rings. The minimum absolute atomic E-state index is 0.0105. The first-order valence-corrected chi connectivity index (χ1v) is 11.9. The number of rotatable bonds is 8. The summed E-state index contributed by atoms with van der Waals surface area (Å²) in [6, 6.07) is 9.06. The molecule has 0 fully saturated rings. The van der Waals surface area contributed by atoms with Crippen molar-refractivity contribution in [3.63, 3.8) is 0 Å². The number of hydrogen-bond acceptors (Lipinski definition) is 8. The van der Waals surface area contributed by atoms with E-state index in [1.54, 1.807) is 0 Å². The third-order valence-electron chi connectivity index (χ3n) is 4.45. The highest BCUT2D eigenvalue weighted by Gasteiger charge is 2.20. The maximum atomic E-state index is 12.7. The molecule has 0 saturated carbocycles. The van der Waals surface area contributed by atoms with Gasteiger partial charge in [0, 0.05) is 18.3 Å². The van der Waals surface area contributed by atoms with Gasteiger partial charge in [-0.2, -0.15) is 0 Å². The molecule has 2 aromatic carbocycles. The summed E-state index contributed by atoms with van der Waals surface area (Å²) >= 11 is 0. The molecule has 0 atom stereocenters. The smallest absolute Gasteiger partial charge is 0.338 e. The summed E-state index contributed by atoms with van der Waals surface area (Å²) in [6.45, 7) is 4.27. The molecule has 0 bridgehead atoms. The number of ether oxygens (including phenoxy) is 3. The Kier molecular flexibility index (Phi) is 7.95. The Morgan fingerprint density at radius 3 is 2.35 bits per heavy atom. The molecule has 3 N–H and O–H groups in total. The molecule has 0 saturated heterocycles. The van der Waals surface area contributed by atoms with Crippen LogP contribution in [0.3, 0.4) is 0 Å². The maximum Gasteiger partial charge on any atom is 0.338 e. The van der Waals surface area contributed by atoms with Crippen molar-refractivity contribution in [1.82, 2.24) is 10.6 Å². The van der Waals surface area contributed by atoms with E-state index >= 15 is 0 Å². The molecule has 0 aliphatic carbocycles. The Morgan fingerprint density at radius 2 is 1.68 bits per heavy atom. The van der Waals surface area contributed by atoms with Crippen LogP contribution in [-0.4, -0.2) is 52.7 Å². The van der Waals surface area contributed by atoms with Gasteiger partial charge >= 0.3 is 12.0 Å². The van der Waals surface area contributed by atoms with Crippen molar-refractivity contribution in [2.24, 2.45) is 5.92 Å². The van der Waals surface area contributed by atoms with E-state index in [4.69, 9.17) is 14.2 Å². The van der Waals surface area contributed by atoms with Crippen molar-refractivity contribution in [1.29, 1.82) is 0 Å². The average molecular weight is 492 g/mol. The average Bonchev–Trinajstić information content (AvgIpc) is 2.81. The summed E-state index contributed by atoms with van der Waals surface area (Å²) in [5.41, 5.74) is 0.311. The molecule has 2 aromatic rings. The number of hydrogen-bond donors (Lipinski definition) is 3. The predicted octanol–water partition coefficient (Wildman–Crippen LogP) is 1.90. The fourth-order valence-corrected chi connectivity index (χ4v) is 3.87. The number of esters is 1. The van der Waals surface area contributed by atoms with Crippen molar-refractivity contribution in [2.45, 2.75) is 18.7 Å². The van der Waals surface area contributed by atoms with Gasteiger partial charge in [0.05, 0.1) is 10.5 Å². The van der Waals surface area contributed by atoms with Gasteiger partial charge in [-0.15, -0.1) is 0 Å². The van der Waals surface area contributed by atoms with E-state index in [2.05, 4.69) is 15.4 Å².